The molecule has 1 saturated carbocycles. The fraction of sp³-hybridized carbons (Fsp3) is 0.375. The van der Waals surface area contributed by atoms with Crippen LogP contribution < -0.4 is 0 Å². The fourth-order valence-corrected chi connectivity index (χ4v) is 3.52. The molecule has 1 rings (SSSR count). The predicted molar refractivity (Wildman–Crippen MR) is 127 cm³/mol. The lowest BCUT2D eigenvalue weighted by Crippen LogP contribution is -2.09. The van der Waals surface area contributed by atoms with E-state index in [1.165, 1.54) is 35.1 Å². The van der Waals surface area contributed by atoms with E-state index in [9.17, 15) is 0 Å². The molecule has 0 radical (unpaired) electrons. The minimum Gasteiger partial charge on any atom is -0.293 e. The van der Waals surface area contributed by atoms with E-state index in [1.54, 1.807) is 0 Å². The molecular formula is C24H32IN. The Kier molecular flexibility index (Phi) is 9.28. The van der Waals surface area contributed by atoms with E-state index in [4.69, 9.17) is 0 Å². The Morgan fingerprint density at radius 1 is 1.19 bits per heavy atom. The van der Waals surface area contributed by atoms with Gasteiger partial charge in [0.05, 0.1) is 0 Å². The number of rotatable bonds is 9. The molecule has 1 fully saturated rings. The van der Waals surface area contributed by atoms with Gasteiger partial charge in [-0.3, -0.25) is 4.99 Å². The van der Waals surface area contributed by atoms with Gasteiger partial charge in [0.25, 0.3) is 0 Å². The third-order valence-electron chi connectivity index (χ3n) is 4.79. The number of aliphatic imine (C=N–C) groups is 1. The lowest BCUT2D eigenvalue weighted by molar-refractivity contribution is 0.860. The molecule has 26 heavy (non-hydrogen) atoms. The highest BCUT2D eigenvalue weighted by molar-refractivity contribution is 14.1. The van der Waals surface area contributed by atoms with Crippen LogP contribution >= 0.6 is 22.6 Å². The van der Waals surface area contributed by atoms with Gasteiger partial charge in [-0.05, 0) is 96.9 Å². The van der Waals surface area contributed by atoms with Crippen molar-refractivity contribution in [1.29, 1.82) is 0 Å². The second kappa shape index (κ2) is 10.7. The van der Waals surface area contributed by atoms with Crippen LogP contribution in [0.3, 0.4) is 0 Å². The average molecular weight is 461 g/mol. The van der Waals surface area contributed by atoms with E-state index in [1.807, 2.05) is 25.3 Å². The van der Waals surface area contributed by atoms with Gasteiger partial charge in [-0.2, -0.15) is 0 Å². The zero-order valence-corrected chi connectivity index (χ0v) is 19.1. The lowest BCUT2D eigenvalue weighted by Gasteiger charge is -2.19. The highest BCUT2D eigenvalue weighted by Crippen LogP contribution is 2.43. The summed E-state index contributed by atoms with van der Waals surface area (Å²) < 4.78 is 1.15. The van der Waals surface area contributed by atoms with Crippen LogP contribution in [-0.4, -0.2) is 12.8 Å². The Labute approximate surface area is 173 Å². The summed E-state index contributed by atoms with van der Waals surface area (Å²) in [6.45, 7) is 20.5. The predicted octanol–water partition coefficient (Wildman–Crippen LogP) is 7.56. The van der Waals surface area contributed by atoms with Gasteiger partial charge >= 0.3 is 0 Å². The Hall–Kier alpha value is -1.42. The van der Waals surface area contributed by atoms with E-state index in [0.717, 1.165) is 14.9 Å². The van der Waals surface area contributed by atoms with Crippen molar-refractivity contribution >= 4 is 28.3 Å². The first-order valence-corrected chi connectivity index (χ1v) is 10.2. The van der Waals surface area contributed by atoms with Crippen molar-refractivity contribution in [3.05, 3.63) is 81.6 Å². The molecule has 1 aliphatic carbocycles. The zero-order chi connectivity index (χ0) is 19.9. The van der Waals surface area contributed by atoms with Crippen molar-refractivity contribution in [1.82, 2.24) is 0 Å². The van der Waals surface area contributed by atoms with Crippen LogP contribution in [0.15, 0.2) is 86.6 Å². The van der Waals surface area contributed by atoms with Crippen molar-refractivity contribution in [3.8, 4) is 0 Å². The highest BCUT2D eigenvalue weighted by atomic mass is 127. The first kappa shape index (κ1) is 22.6. The molecule has 0 spiro atoms. The van der Waals surface area contributed by atoms with E-state index >= 15 is 0 Å². The standard InChI is InChI=1S/C24H32IN/c1-9-11-22(25)15-20(10-2)17(5)14-23(21-12-13-21)24(19(7)26-8)18(6)16(3)4/h9-11,14-15,17,21H,1-3,12-13H2,4-8H3/b20-15+,22-11+,23-14-,24-18+,26-19?. The molecule has 0 aromatic heterocycles. The van der Waals surface area contributed by atoms with Gasteiger partial charge in [-0.1, -0.05) is 50.5 Å². The molecule has 1 nitrogen and oxygen atoms in total. The molecule has 1 atom stereocenters. The fourth-order valence-electron chi connectivity index (χ4n) is 2.90. The molecule has 0 heterocycles. The van der Waals surface area contributed by atoms with Gasteiger partial charge in [0.2, 0.25) is 0 Å². The maximum Gasteiger partial charge on any atom is 0.0391 e. The Balaban J connectivity index is 3.45. The van der Waals surface area contributed by atoms with E-state index < -0.39 is 0 Å². The number of hydrogen-bond acceptors (Lipinski definition) is 1. The van der Waals surface area contributed by atoms with Crippen LogP contribution in [-0.2, 0) is 0 Å². The third kappa shape index (κ3) is 6.39. The van der Waals surface area contributed by atoms with Crippen LogP contribution in [0.25, 0.3) is 0 Å². The molecule has 140 valence electrons. The van der Waals surface area contributed by atoms with Gasteiger partial charge in [-0.15, -0.1) is 0 Å². The molecule has 1 aliphatic rings. The summed E-state index contributed by atoms with van der Waals surface area (Å²) in [7, 11) is 1.87. The third-order valence-corrected chi connectivity index (χ3v) is 5.46. The monoisotopic (exact) mass is 461 g/mol. The van der Waals surface area contributed by atoms with Crippen molar-refractivity contribution in [2.75, 3.05) is 7.05 Å². The van der Waals surface area contributed by atoms with Gasteiger partial charge in [0, 0.05) is 21.9 Å². The number of halogens is 1. The minimum atomic E-state index is 0.281. The van der Waals surface area contributed by atoms with Crippen LogP contribution in [0.5, 0.6) is 0 Å². The van der Waals surface area contributed by atoms with E-state index in [-0.39, 0.29) is 5.92 Å². The summed E-state index contributed by atoms with van der Waals surface area (Å²) in [5.74, 6) is 0.913. The molecule has 0 aliphatic heterocycles. The van der Waals surface area contributed by atoms with Crippen molar-refractivity contribution < 1.29 is 0 Å². The smallest absolute Gasteiger partial charge is 0.0391 e. The Bertz CT molecular complexity index is 721. The molecule has 1 unspecified atom stereocenters. The van der Waals surface area contributed by atoms with Crippen molar-refractivity contribution in [3.63, 3.8) is 0 Å². The minimum absolute atomic E-state index is 0.281. The summed E-state index contributed by atoms with van der Waals surface area (Å²) in [5.41, 5.74) is 7.32. The number of nitrogens with zero attached hydrogens (tertiary/aromatic N) is 1. The van der Waals surface area contributed by atoms with Crippen LogP contribution in [0, 0.1) is 11.8 Å². The molecule has 0 amide bonds. The number of allylic oxidation sites excluding steroid dienone is 11. The summed E-state index contributed by atoms with van der Waals surface area (Å²) >= 11 is 2.33. The van der Waals surface area contributed by atoms with Gasteiger partial charge in [0.15, 0.2) is 0 Å². The Morgan fingerprint density at radius 3 is 2.23 bits per heavy atom. The summed E-state index contributed by atoms with van der Waals surface area (Å²) in [6.07, 6.45) is 12.9. The normalized spacial score (nSPS) is 19.0. The summed E-state index contributed by atoms with van der Waals surface area (Å²) in [5, 5.41) is 0. The number of hydrogen-bond donors (Lipinski definition) is 0. The SMILES string of the molecule is C=C/C=C(I)\C=C(/C=C)C(C)/C=C(\C(C(C)=NC)=C(/C)C(=C)C)C1CC1. The summed E-state index contributed by atoms with van der Waals surface area (Å²) in [6, 6.07) is 0. The van der Waals surface area contributed by atoms with Gasteiger partial charge in [0.1, 0.15) is 0 Å². The first-order valence-electron chi connectivity index (χ1n) is 9.11. The first-order chi connectivity index (χ1) is 12.3. The average Bonchev–Trinajstić information content (AvgIpc) is 3.43. The quantitative estimate of drug-likeness (QED) is 0.191. The molecule has 0 N–H and O–H groups in total. The van der Waals surface area contributed by atoms with Gasteiger partial charge < -0.3 is 0 Å². The molecule has 0 saturated heterocycles. The van der Waals surface area contributed by atoms with E-state index in [2.05, 4.69) is 87.2 Å². The second-order valence-electron chi connectivity index (χ2n) is 6.91. The Morgan fingerprint density at radius 2 is 1.81 bits per heavy atom. The van der Waals surface area contributed by atoms with Crippen molar-refractivity contribution in [2.45, 2.75) is 40.5 Å². The molecule has 2 heteroatoms. The second-order valence-corrected chi connectivity index (χ2v) is 8.16. The molecule has 0 bridgehead atoms. The van der Waals surface area contributed by atoms with Crippen LogP contribution in [0.4, 0.5) is 0 Å². The maximum atomic E-state index is 4.49. The van der Waals surface area contributed by atoms with Gasteiger partial charge in [-0.25, -0.2) is 0 Å². The lowest BCUT2D eigenvalue weighted by atomic mass is 9.87. The molecule has 0 aromatic carbocycles. The van der Waals surface area contributed by atoms with Crippen molar-refractivity contribution in [2.24, 2.45) is 16.8 Å². The highest BCUT2D eigenvalue weighted by Gasteiger charge is 2.30. The summed E-state index contributed by atoms with van der Waals surface area (Å²) in [4.78, 5) is 4.49. The molecule has 0 aromatic rings. The zero-order valence-electron chi connectivity index (χ0n) is 16.9. The van der Waals surface area contributed by atoms with E-state index in [0.29, 0.717) is 5.92 Å². The molecular weight excluding hydrogens is 429 g/mol. The topological polar surface area (TPSA) is 12.4 Å². The largest absolute Gasteiger partial charge is 0.293 e. The maximum absolute atomic E-state index is 4.49. The van der Waals surface area contributed by atoms with Crippen LogP contribution in [0.2, 0.25) is 0 Å². The van der Waals surface area contributed by atoms with Crippen LogP contribution in [0.1, 0.15) is 40.5 Å².